The molecular weight excluding hydrogens is 204 g/mol. The Morgan fingerprint density at radius 1 is 1.50 bits per heavy atom. The monoisotopic (exact) mass is 226 g/mol. The molecule has 0 saturated carbocycles. The smallest absolute Gasteiger partial charge is 0.410 e. The molecule has 92 valence electrons. The van der Waals surface area contributed by atoms with Gasteiger partial charge >= 0.3 is 6.09 Å². The summed E-state index contributed by atoms with van der Waals surface area (Å²) in [7, 11) is 0. The van der Waals surface area contributed by atoms with Crippen molar-refractivity contribution in [1.29, 1.82) is 0 Å². The Morgan fingerprint density at radius 3 is 2.62 bits per heavy atom. The van der Waals surface area contributed by atoms with Gasteiger partial charge in [0.05, 0.1) is 0 Å². The molecule has 4 heteroatoms. The first kappa shape index (κ1) is 11.7. The first-order chi connectivity index (χ1) is 7.30. The van der Waals surface area contributed by atoms with E-state index in [1.165, 1.54) is 0 Å². The van der Waals surface area contributed by atoms with Crippen LogP contribution < -0.4 is 5.32 Å². The molecule has 1 amide bonds. The highest BCUT2D eigenvalue weighted by Gasteiger charge is 2.47. The van der Waals surface area contributed by atoms with Crippen molar-refractivity contribution in [3.63, 3.8) is 0 Å². The first-order valence-electron chi connectivity index (χ1n) is 6.01. The van der Waals surface area contributed by atoms with Gasteiger partial charge < -0.3 is 15.0 Å². The van der Waals surface area contributed by atoms with Crippen molar-refractivity contribution in [3.05, 3.63) is 0 Å². The van der Waals surface area contributed by atoms with Crippen molar-refractivity contribution in [1.82, 2.24) is 10.2 Å². The minimum absolute atomic E-state index is 0.168. The number of fused-ring (bicyclic) bond motifs is 1. The highest BCUT2D eigenvalue weighted by molar-refractivity contribution is 5.68. The molecule has 2 saturated heterocycles. The average molecular weight is 226 g/mol. The highest BCUT2D eigenvalue weighted by atomic mass is 16.6. The van der Waals surface area contributed by atoms with E-state index >= 15 is 0 Å². The fraction of sp³-hybridized carbons (Fsp3) is 0.917. The Bertz CT molecular complexity index is 298. The fourth-order valence-corrected chi connectivity index (χ4v) is 2.49. The predicted molar refractivity (Wildman–Crippen MR) is 62.3 cm³/mol. The summed E-state index contributed by atoms with van der Waals surface area (Å²) in [6, 6.07) is 0.589. The van der Waals surface area contributed by atoms with Crippen molar-refractivity contribution < 1.29 is 9.53 Å². The predicted octanol–water partition coefficient (Wildman–Crippen LogP) is 1.61. The van der Waals surface area contributed by atoms with Crippen LogP contribution in [0.3, 0.4) is 0 Å². The number of amides is 1. The SMILES string of the molecule is CC(C)(C)OC(=O)N1CC[C@@H]2NC[C@@]2(C)C1. The van der Waals surface area contributed by atoms with Gasteiger partial charge in [0.15, 0.2) is 0 Å². The zero-order valence-corrected chi connectivity index (χ0v) is 10.7. The van der Waals surface area contributed by atoms with Gasteiger partial charge in [0.1, 0.15) is 5.60 Å². The van der Waals surface area contributed by atoms with Crippen LogP contribution in [0.4, 0.5) is 4.79 Å². The molecule has 2 aliphatic rings. The van der Waals surface area contributed by atoms with Crippen LogP contribution in [0.25, 0.3) is 0 Å². The van der Waals surface area contributed by atoms with E-state index in [-0.39, 0.29) is 11.5 Å². The van der Waals surface area contributed by atoms with E-state index in [0.29, 0.717) is 6.04 Å². The number of carbonyl (C=O) groups excluding carboxylic acids is 1. The second-order valence-electron chi connectivity index (χ2n) is 6.28. The normalized spacial score (nSPS) is 34.0. The second-order valence-corrected chi connectivity index (χ2v) is 6.28. The third-order valence-corrected chi connectivity index (χ3v) is 3.49. The summed E-state index contributed by atoms with van der Waals surface area (Å²) in [5.41, 5.74) is -0.137. The number of likely N-dealkylation sites (tertiary alicyclic amines) is 1. The molecule has 0 spiro atoms. The number of hydrogen-bond acceptors (Lipinski definition) is 3. The largest absolute Gasteiger partial charge is 0.444 e. The van der Waals surface area contributed by atoms with Gasteiger partial charge in [-0.05, 0) is 27.2 Å². The summed E-state index contributed by atoms with van der Waals surface area (Å²) in [6.07, 6.45) is 0.870. The fourth-order valence-electron chi connectivity index (χ4n) is 2.49. The lowest BCUT2D eigenvalue weighted by Gasteiger charge is -2.54. The maximum Gasteiger partial charge on any atom is 0.410 e. The Balaban J connectivity index is 1.93. The molecule has 2 rings (SSSR count). The number of piperidine rings is 1. The number of nitrogens with zero attached hydrogens (tertiary/aromatic N) is 1. The lowest BCUT2D eigenvalue weighted by atomic mass is 9.71. The lowest BCUT2D eigenvalue weighted by molar-refractivity contribution is -0.0245. The van der Waals surface area contributed by atoms with Crippen LogP contribution in [0.5, 0.6) is 0 Å². The molecule has 0 radical (unpaired) electrons. The number of rotatable bonds is 0. The molecule has 0 aliphatic carbocycles. The van der Waals surface area contributed by atoms with Gasteiger partial charge in [-0.1, -0.05) is 6.92 Å². The molecular formula is C12H22N2O2. The summed E-state index contributed by atoms with van der Waals surface area (Å²) in [5.74, 6) is 0. The number of nitrogens with one attached hydrogen (secondary N) is 1. The van der Waals surface area contributed by atoms with Gasteiger partial charge in [-0.15, -0.1) is 0 Å². The molecule has 4 nitrogen and oxygen atoms in total. The molecule has 0 aromatic heterocycles. The Kier molecular flexibility index (Phi) is 2.65. The molecule has 0 aromatic carbocycles. The molecule has 2 atom stereocenters. The third kappa shape index (κ3) is 2.17. The molecule has 2 fully saturated rings. The average Bonchev–Trinajstić information content (AvgIpc) is 2.09. The first-order valence-corrected chi connectivity index (χ1v) is 6.01. The van der Waals surface area contributed by atoms with Crippen LogP contribution in [0, 0.1) is 5.41 Å². The quantitative estimate of drug-likeness (QED) is 0.682. The Morgan fingerprint density at radius 2 is 2.19 bits per heavy atom. The van der Waals surface area contributed by atoms with E-state index in [2.05, 4.69) is 12.2 Å². The van der Waals surface area contributed by atoms with Crippen LogP contribution in [0.15, 0.2) is 0 Å². The van der Waals surface area contributed by atoms with E-state index in [4.69, 9.17) is 4.74 Å². The van der Waals surface area contributed by atoms with Crippen molar-refractivity contribution >= 4 is 6.09 Å². The maximum absolute atomic E-state index is 11.9. The minimum Gasteiger partial charge on any atom is -0.444 e. The van der Waals surface area contributed by atoms with Crippen LogP contribution in [-0.2, 0) is 4.74 Å². The topological polar surface area (TPSA) is 41.6 Å². The zero-order valence-electron chi connectivity index (χ0n) is 10.7. The molecule has 16 heavy (non-hydrogen) atoms. The highest BCUT2D eigenvalue weighted by Crippen LogP contribution is 2.36. The van der Waals surface area contributed by atoms with Gasteiger partial charge in [0.25, 0.3) is 0 Å². The third-order valence-electron chi connectivity index (χ3n) is 3.49. The standard InChI is InChI=1S/C12H22N2O2/c1-11(2,3)16-10(15)14-6-5-9-12(4,8-14)7-13-9/h9,13H,5-8H2,1-4H3/t9-,12-/m0/s1. The van der Waals surface area contributed by atoms with Crippen molar-refractivity contribution in [2.45, 2.75) is 45.8 Å². The van der Waals surface area contributed by atoms with Gasteiger partial charge in [-0.2, -0.15) is 0 Å². The van der Waals surface area contributed by atoms with E-state index in [9.17, 15) is 4.79 Å². The van der Waals surface area contributed by atoms with E-state index in [0.717, 1.165) is 26.1 Å². The number of carbonyl (C=O) groups is 1. The number of ether oxygens (including phenoxy) is 1. The summed E-state index contributed by atoms with van der Waals surface area (Å²) in [4.78, 5) is 13.8. The summed E-state index contributed by atoms with van der Waals surface area (Å²) >= 11 is 0. The van der Waals surface area contributed by atoms with Crippen LogP contribution >= 0.6 is 0 Å². The molecule has 2 heterocycles. The van der Waals surface area contributed by atoms with E-state index < -0.39 is 5.60 Å². The summed E-state index contributed by atoms with van der Waals surface area (Å²) < 4.78 is 5.40. The summed E-state index contributed by atoms with van der Waals surface area (Å²) in [6.45, 7) is 10.6. The number of hydrogen-bond donors (Lipinski definition) is 1. The lowest BCUT2D eigenvalue weighted by Crippen LogP contribution is -2.69. The van der Waals surface area contributed by atoms with Gasteiger partial charge in [0.2, 0.25) is 0 Å². The van der Waals surface area contributed by atoms with Crippen LogP contribution in [0.1, 0.15) is 34.1 Å². The Hall–Kier alpha value is -0.770. The van der Waals surface area contributed by atoms with E-state index in [1.807, 2.05) is 25.7 Å². The van der Waals surface area contributed by atoms with Crippen molar-refractivity contribution in [3.8, 4) is 0 Å². The van der Waals surface area contributed by atoms with Crippen molar-refractivity contribution in [2.24, 2.45) is 5.41 Å². The molecule has 0 bridgehead atoms. The molecule has 1 N–H and O–H groups in total. The van der Waals surface area contributed by atoms with Gasteiger partial charge in [-0.3, -0.25) is 0 Å². The molecule has 0 aromatic rings. The Labute approximate surface area is 97.3 Å². The van der Waals surface area contributed by atoms with Crippen molar-refractivity contribution in [2.75, 3.05) is 19.6 Å². The van der Waals surface area contributed by atoms with Gasteiger partial charge in [-0.25, -0.2) is 4.79 Å². The van der Waals surface area contributed by atoms with E-state index in [1.54, 1.807) is 0 Å². The van der Waals surface area contributed by atoms with Gasteiger partial charge in [0, 0.05) is 31.1 Å². The zero-order chi connectivity index (χ0) is 12.0. The van der Waals surface area contributed by atoms with Crippen LogP contribution in [-0.4, -0.2) is 42.3 Å². The maximum atomic E-state index is 11.9. The summed E-state index contributed by atoms with van der Waals surface area (Å²) in [5, 5.41) is 3.42. The second kappa shape index (κ2) is 3.62. The minimum atomic E-state index is -0.396. The molecule has 2 aliphatic heterocycles. The van der Waals surface area contributed by atoms with Crippen LogP contribution in [0.2, 0.25) is 0 Å². The molecule has 0 unspecified atom stereocenters.